The largest absolute Gasteiger partial charge is 0.355 e. The number of benzene rings is 1. The van der Waals surface area contributed by atoms with Crippen molar-refractivity contribution in [1.82, 2.24) is 15.6 Å². The summed E-state index contributed by atoms with van der Waals surface area (Å²) in [5.74, 6) is 0.0808. The van der Waals surface area contributed by atoms with Crippen molar-refractivity contribution in [3.05, 3.63) is 65.5 Å². The van der Waals surface area contributed by atoms with Crippen LogP contribution >= 0.6 is 0 Å². The van der Waals surface area contributed by atoms with Gasteiger partial charge in [-0.05, 0) is 42.0 Å². The van der Waals surface area contributed by atoms with Crippen LogP contribution in [0.4, 0.5) is 0 Å². The molecule has 5 nitrogen and oxygen atoms in total. The molecule has 1 heterocycles. The van der Waals surface area contributed by atoms with E-state index in [-0.39, 0.29) is 23.1 Å². The molecule has 0 radical (unpaired) electrons. The maximum atomic E-state index is 12.5. The first-order valence-electron chi connectivity index (χ1n) is 9.21. The molecule has 2 aromatic rings. The van der Waals surface area contributed by atoms with E-state index < -0.39 is 0 Å². The molecule has 2 aliphatic carbocycles. The first-order valence-corrected chi connectivity index (χ1v) is 9.21. The van der Waals surface area contributed by atoms with Gasteiger partial charge in [-0.15, -0.1) is 0 Å². The lowest BCUT2D eigenvalue weighted by atomic mass is 9.95. The van der Waals surface area contributed by atoms with Crippen molar-refractivity contribution in [3.63, 3.8) is 0 Å². The zero-order valence-electron chi connectivity index (χ0n) is 14.7. The number of aryl methyl sites for hydroxylation is 1. The third-order valence-electron chi connectivity index (χ3n) is 5.65. The predicted molar refractivity (Wildman–Crippen MR) is 98.3 cm³/mol. The van der Waals surface area contributed by atoms with Gasteiger partial charge in [0.05, 0.1) is 0 Å². The average Bonchev–Trinajstić information content (AvgIpc) is 3.30. The second-order valence-corrected chi connectivity index (χ2v) is 7.25. The number of nitrogens with one attached hydrogen (secondary N) is 2. The quantitative estimate of drug-likeness (QED) is 0.839. The molecule has 2 amide bonds. The van der Waals surface area contributed by atoms with Gasteiger partial charge >= 0.3 is 0 Å². The average molecular weight is 349 g/mol. The van der Waals surface area contributed by atoms with E-state index in [9.17, 15) is 9.59 Å². The summed E-state index contributed by atoms with van der Waals surface area (Å²) in [5, 5.41) is 5.79. The van der Waals surface area contributed by atoms with Crippen LogP contribution in [0.2, 0.25) is 0 Å². The number of nitrogens with zero attached hydrogens (tertiary/aromatic N) is 1. The minimum Gasteiger partial charge on any atom is -0.355 e. The van der Waals surface area contributed by atoms with Crippen LogP contribution in [0.3, 0.4) is 0 Å². The summed E-state index contributed by atoms with van der Waals surface area (Å²) >= 11 is 0. The number of rotatable bonds is 6. The number of amides is 2. The van der Waals surface area contributed by atoms with Crippen LogP contribution in [0.1, 0.15) is 36.0 Å². The Morgan fingerprint density at radius 2 is 2.04 bits per heavy atom. The second-order valence-electron chi connectivity index (χ2n) is 7.25. The van der Waals surface area contributed by atoms with E-state index in [1.807, 2.05) is 12.1 Å². The van der Waals surface area contributed by atoms with E-state index in [2.05, 4.69) is 39.9 Å². The van der Waals surface area contributed by atoms with E-state index in [0.29, 0.717) is 19.5 Å². The monoisotopic (exact) mass is 349 g/mol. The summed E-state index contributed by atoms with van der Waals surface area (Å²) in [4.78, 5) is 28.4. The van der Waals surface area contributed by atoms with E-state index in [4.69, 9.17) is 0 Å². The summed E-state index contributed by atoms with van der Waals surface area (Å²) in [6, 6.07) is 12.2. The van der Waals surface area contributed by atoms with E-state index >= 15 is 0 Å². The SMILES string of the molecule is O=C(CCNC(=O)[C@@H]1C[C@@]12CCc1ccccc12)NCc1cccnc1. The molecule has 1 saturated carbocycles. The van der Waals surface area contributed by atoms with Gasteiger partial charge in [-0.2, -0.15) is 0 Å². The van der Waals surface area contributed by atoms with Crippen LogP contribution in [0.5, 0.6) is 0 Å². The Labute approximate surface area is 153 Å². The molecule has 0 aliphatic heterocycles. The lowest BCUT2D eigenvalue weighted by Gasteiger charge is -2.12. The molecule has 1 fully saturated rings. The number of carbonyl (C=O) groups is 2. The van der Waals surface area contributed by atoms with Gasteiger partial charge in [0.25, 0.3) is 0 Å². The highest BCUT2D eigenvalue weighted by atomic mass is 16.2. The Bertz CT molecular complexity index is 821. The summed E-state index contributed by atoms with van der Waals surface area (Å²) in [5.41, 5.74) is 3.76. The van der Waals surface area contributed by atoms with Crippen LogP contribution in [0.25, 0.3) is 0 Å². The molecule has 4 rings (SSSR count). The van der Waals surface area contributed by atoms with Crippen LogP contribution < -0.4 is 10.6 Å². The molecule has 134 valence electrons. The van der Waals surface area contributed by atoms with Gasteiger partial charge in [-0.3, -0.25) is 14.6 Å². The number of fused-ring (bicyclic) bond motifs is 2. The zero-order valence-corrected chi connectivity index (χ0v) is 14.7. The fourth-order valence-corrected chi connectivity index (χ4v) is 4.15. The maximum Gasteiger partial charge on any atom is 0.224 e. The molecule has 2 N–H and O–H groups in total. The topological polar surface area (TPSA) is 71.1 Å². The van der Waals surface area contributed by atoms with Crippen molar-refractivity contribution in [2.75, 3.05) is 6.54 Å². The predicted octanol–water partition coefficient (Wildman–Crippen LogP) is 2.11. The highest BCUT2D eigenvalue weighted by Gasteiger charge is 2.61. The van der Waals surface area contributed by atoms with Crippen molar-refractivity contribution < 1.29 is 9.59 Å². The summed E-state index contributed by atoms with van der Waals surface area (Å²) in [6.45, 7) is 0.842. The Morgan fingerprint density at radius 3 is 2.88 bits per heavy atom. The van der Waals surface area contributed by atoms with Crippen molar-refractivity contribution in [3.8, 4) is 0 Å². The standard InChI is InChI=1S/C21H23N3O2/c25-19(24-14-15-4-3-10-22-13-15)8-11-23-20(26)18-12-21(18)9-7-16-5-1-2-6-17(16)21/h1-6,10,13,18H,7-9,11-12,14H2,(H,23,26)(H,24,25)/t18-,21+/m0/s1. The minimum atomic E-state index is -0.0640. The molecule has 0 bridgehead atoms. The number of hydrogen-bond acceptors (Lipinski definition) is 3. The summed E-state index contributed by atoms with van der Waals surface area (Å²) in [7, 11) is 0. The van der Waals surface area contributed by atoms with Crippen LogP contribution in [0.15, 0.2) is 48.8 Å². The van der Waals surface area contributed by atoms with Crippen molar-refractivity contribution in [1.29, 1.82) is 0 Å². The van der Waals surface area contributed by atoms with Gasteiger partial charge in [-0.1, -0.05) is 30.3 Å². The van der Waals surface area contributed by atoms with Gasteiger partial charge in [0, 0.05) is 43.2 Å². The Balaban J connectivity index is 1.22. The van der Waals surface area contributed by atoms with E-state index in [1.54, 1.807) is 12.4 Å². The molecule has 0 saturated heterocycles. The second kappa shape index (κ2) is 6.90. The number of carbonyl (C=O) groups excluding carboxylic acids is 2. The van der Waals surface area contributed by atoms with Gasteiger partial charge in [0.1, 0.15) is 0 Å². The first kappa shape index (κ1) is 16.8. The van der Waals surface area contributed by atoms with Crippen molar-refractivity contribution >= 4 is 11.8 Å². The third-order valence-corrected chi connectivity index (χ3v) is 5.65. The van der Waals surface area contributed by atoms with Crippen LogP contribution in [0, 0.1) is 5.92 Å². The normalized spacial score (nSPS) is 22.7. The molecular formula is C21H23N3O2. The molecular weight excluding hydrogens is 326 g/mol. The summed E-state index contributed by atoms with van der Waals surface area (Å²) in [6.07, 6.45) is 6.79. The van der Waals surface area contributed by atoms with Crippen molar-refractivity contribution in [2.45, 2.75) is 37.6 Å². The Morgan fingerprint density at radius 1 is 1.15 bits per heavy atom. The highest BCUT2D eigenvalue weighted by Crippen LogP contribution is 2.61. The van der Waals surface area contributed by atoms with Gasteiger partial charge in [0.15, 0.2) is 0 Å². The number of pyridine rings is 1. The Kier molecular flexibility index (Phi) is 4.45. The third kappa shape index (κ3) is 3.21. The van der Waals surface area contributed by atoms with Gasteiger partial charge in [-0.25, -0.2) is 0 Å². The fourth-order valence-electron chi connectivity index (χ4n) is 4.15. The lowest BCUT2D eigenvalue weighted by molar-refractivity contribution is -0.123. The fraction of sp³-hybridized carbons (Fsp3) is 0.381. The maximum absolute atomic E-state index is 12.5. The zero-order chi connectivity index (χ0) is 18.0. The molecule has 2 atom stereocenters. The minimum absolute atomic E-state index is 0.0588. The number of hydrogen-bond donors (Lipinski definition) is 2. The first-order chi connectivity index (χ1) is 12.7. The smallest absolute Gasteiger partial charge is 0.224 e. The van der Waals surface area contributed by atoms with Gasteiger partial charge < -0.3 is 10.6 Å². The number of aromatic nitrogens is 1. The highest BCUT2D eigenvalue weighted by molar-refractivity contribution is 5.85. The molecule has 1 aromatic heterocycles. The van der Waals surface area contributed by atoms with E-state index in [1.165, 1.54) is 11.1 Å². The molecule has 1 aromatic carbocycles. The molecule has 5 heteroatoms. The van der Waals surface area contributed by atoms with Crippen LogP contribution in [-0.4, -0.2) is 23.3 Å². The van der Waals surface area contributed by atoms with E-state index in [0.717, 1.165) is 24.8 Å². The molecule has 0 unspecified atom stereocenters. The molecule has 1 spiro atoms. The lowest BCUT2D eigenvalue weighted by Crippen LogP contribution is -2.32. The van der Waals surface area contributed by atoms with Crippen LogP contribution in [-0.2, 0) is 28.0 Å². The molecule has 26 heavy (non-hydrogen) atoms. The summed E-state index contributed by atoms with van der Waals surface area (Å²) < 4.78 is 0. The van der Waals surface area contributed by atoms with Crippen molar-refractivity contribution in [2.24, 2.45) is 5.92 Å². The Hall–Kier alpha value is -2.69. The van der Waals surface area contributed by atoms with Gasteiger partial charge in [0.2, 0.25) is 11.8 Å². The molecule has 2 aliphatic rings.